The molecule has 0 spiro atoms. The molecule has 3 atom stereocenters. The van der Waals surface area contributed by atoms with Crippen molar-refractivity contribution in [2.75, 3.05) is 26.4 Å². The van der Waals surface area contributed by atoms with Crippen molar-refractivity contribution >= 4 is 34.8 Å². The van der Waals surface area contributed by atoms with Crippen LogP contribution in [-0.4, -0.2) is 77.1 Å². The minimum absolute atomic E-state index is 0.134. The van der Waals surface area contributed by atoms with Gasteiger partial charge in [0.15, 0.2) is 0 Å². The van der Waals surface area contributed by atoms with E-state index in [1.165, 1.54) is 10.1 Å². The first-order chi connectivity index (χ1) is 27.7. The molecule has 1 aromatic heterocycles. The Morgan fingerprint density at radius 2 is 1.43 bits per heavy atom. The van der Waals surface area contributed by atoms with Crippen LogP contribution in [-0.2, 0) is 59.8 Å². The van der Waals surface area contributed by atoms with Crippen LogP contribution in [0.5, 0.6) is 0 Å². The fourth-order valence-corrected chi connectivity index (χ4v) is 7.02. The molecule has 0 bridgehead atoms. The Kier molecular flexibility index (Phi) is 18.4. The van der Waals surface area contributed by atoms with E-state index >= 15 is 0 Å². The number of hydrogen-bond acceptors (Lipinski definition) is 9. The molecule has 3 aromatic rings. The van der Waals surface area contributed by atoms with Crippen molar-refractivity contribution in [1.29, 1.82) is 0 Å². The van der Waals surface area contributed by atoms with Crippen molar-refractivity contribution in [2.45, 2.75) is 142 Å². The molecule has 2 heterocycles. The highest BCUT2D eigenvalue weighted by Gasteiger charge is 2.31. The lowest BCUT2D eigenvalue weighted by Gasteiger charge is -2.27. The maximum absolute atomic E-state index is 13.0. The SMILES string of the molecule is C[C@@H](OCc1ccc(CCCOCCCCCCCOCCCc2ccc3c(c2)n(C)c(=O)n3C2CCC(=O)NC2=O)cc1)[C@H](CCC(N)=O)NC(=O)OC(C)(C)C. The number of nitrogens with zero attached hydrogens (tertiary/aromatic N) is 2. The van der Waals surface area contributed by atoms with Crippen molar-refractivity contribution in [3.8, 4) is 0 Å². The number of rotatable bonds is 25. The average molecular weight is 808 g/mol. The molecule has 1 aliphatic heterocycles. The number of ether oxygens (including phenoxy) is 4. The van der Waals surface area contributed by atoms with Crippen LogP contribution in [0.4, 0.5) is 4.79 Å². The fraction of sp³-hybridized carbons (Fsp3) is 0.614. The smallest absolute Gasteiger partial charge is 0.407 e. The number of imide groups is 1. The number of nitrogens with one attached hydrogen (secondary N) is 2. The quantitative estimate of drug-likeness (QED) is 0.0691. The summed E-state index contributed by atoms with van der Waals surface area (Å²) < 4.78 is 26.3. The van der Waals surface area contributed by atoms with Gasteiger partial charge in [0, 0.05) is 46.3 Å². The third-order valence-corrected chi connectivity index (χ3v) is 10.3. The largest absolute Gasteiger partial charge is 0.444 e. The van der Waals surface area contributed by atoms with Crippen LogP contribution in [0, 0.1) is 0 Å². The third kappa shape index (κ3) is 15.3. The van der Waals surface area contributed by atoms with Crippen LogP contribution < -0.4 is 22.1 Å². The highest BCUT2D eigenvalue weighted by Crippen LogP contribution is 2.24. The molecular weight excluding hydrogens is 743 g/mol. The Bertz CT molecular complexity index is 1850. The number of primary amides is 1. The molecule has 14 heteroatoms. The zero-order valence-electron chi connectivity index (χ0n) is 35.1. The van der Waals surface area contributed by atoms with Crippen LogP contribution in [0.3, 0.4) is 0 Å². The molecule has 1 aliphatic rings. The zero-order valence-corrected chi connectivity index (χ0v) is 35.1. The number of imidazole rings is 1. The molecule has 1 unspecified atom stereocenters. The van der Waals surface area contributed by atoms with Crippen LogP contribution in [0.2, 0.25) is 0 Å². The minimum Gasteiger partial charge on any atom is -0.444 e. The number of aromatic nitrogens is 2. The maximum atomic E-state index is 13.0. The number of piperidine rings is 1. The average Bonchev–Trinajstić information content (AvgIpc) is 3.41. The maximum Gasteiger partial charge on any atom is 0.407 e. The number of carbonyl (C=O) groups excluding carboxylic acids is 4. The molecule has 4 amide bonds. The van der Waals surface area contributed by atoms with Crippen molar-refractivity contribution in [2.24, 2.45) is 12.8 Å². The van der Waals surface area contributed by atoms with Gasteiger partial charge in [0.1, 0.15) is 11.6 Å². The summed E-state index contributed by atoms with van der Waals surface area (Å²) in [5.41, 5.74) is 9.30. The van der Waals surface area contributed by atoms with E-state index in [2.05, 4.69) is 34.9 Å². The standard InChI is InChI=1S/C44H65N5O9/c1-31(35(20-23-39(45)50)46-42(53)58-44(2,3)4)57-30-34-17-15-32(16-18-34)13-11-27-55-25-9-7-6-8-10-26-56-28-12-14-33-19-21-36-38(29-33)48(5)43(54)49(36)37-22-24-40(51)47-41(37)52/h15-19,21,29,31,35,37H,6-14,20,22-28,30H2,1-5H3,(H2,45,50)(H,46,53)(H,47,51,52)/t31-,35+,37?/m1/s1. The number of carbonyl (C=O) groups is 4. The van der Waals surface area contributed by atoms with Crippen LogP contribution in [0.25, 0.3) is 11.0 Å². The van der Waals surface area contributed by atoms with Gasteiger partial charge in [-0.3, -0.25) is 28.8 Å². The summed E-state index contributed by atoms with van der Waals surface area (Å²) in [6.07, 6.45) is 9.25. The fourth-order valence-electron chi connectivity index (χ4n) is 7.02. The van der Waals surface area contributed by atoms with E-state index in [0.29, 0.717) is 31.6 Å². The first-order valence-corrected chi connectivity index (χ1v) is 20.9. The van der Waals surface area contributed by atoms with Gasteiger partial charge in [0.2, 0.25) is 17.7 Å². The van der Waals surface area contributed by atoms with E-state index in [9.17, 15) is 24.0 Å². The molecule has 1 fully saturated rings. The molecule has 4 N–H and O–H groups in total. The van der Waals surface area contributed by atoms with Crippen LogP contribution in [0.15, 0.2) is 47.3 Å². The summed E-state index contributed by atoms with van der Waals surface area (Å²) in [5.74, 6) is -1.16. The van der Waals surface area contributed by atoms with Crippen LogP contribution >= 0.6 is 0 Å². The van der Waals surface area contributed by atoms with Crippen molar-refractivity contribution in [3.63, 3.8) is 0 Å². The molecule has 0 saturated carbocycles. The van der Waals surface area contributed by atoms with Gasteiger partial charge >= 0.3 is 11.8 Å². The van der Waals surface area contributed by atoms with Crippen molar-refractivity contribution in [3.05, 3.63) is 69.6 Å². The van der Waals surface area contributed by atoms with Gasteiger partial charge < -0.3 is 30.0 Å². The molecule has 14 nitrogen and oxygen atoms in total. The molecule has 1 saturated heterocycles. The van der Waals surface area contributed by atoms with Crippen molar-refractivity contribution < 1.29 is 38.1 Å². The van der Waals surface area contributed by atoms with Gasteiger partial charge in [0.05, 0.1) is 29.8 Å². The molecule has 4 rings (SSSR count). The van der Waals surface area contributed by atoms with Gasteiger partial charge in [-0.05, 0) is 108 Å². The Morgan fingerprint density at radius 3 is 2.05 bits per heavy atom. The number of fused-ring (bicyclic) bond motifs is 1. The Labute approximate surface area is 342 Å². The van der Waals surface area contributed by atoms with E-state index in [0.717, 1.165) is 94.3 Å². The molecular formula is C44H65N5O9. The summed E-state index contributed by atoms with van der Waals surface area (Å²) >= 11 is 0. The molecule has 320 valence electrons. The Balaban J connectivity index is 0.996. The van der Waals surface area contributed by atoms with E-state index in [1.54, 1.807) is 32.4 Å². The number of amides is 4. The zero-order chi connectivity index (χ0) is 42.1. The number of benzene rings is 2. The number of nitrogens with two attached hydrogens (primary N) is 1. The van der Waals surface area contributed by atoms with Gasteiger partial charge in [0.25, 0.3) is 0 Å². The van der Waals surface area contributed by atoms with E-state index in [1.807, 2.05) is 25.1 Å². The first kappa shape index (κ1) is 46.2. The van der Waals surface area contributed by atoms with Gasteiger partial charge in [-0.15, -0.1) is 0 Å². The monoisotopic (exact) mass is 807 g/mol. The van der Waals surface area contributed by atoms with Gasteiger partial charge in [-0.2, -0.15) is 0 Å². The first-order valence-electron chi connectivity index (χ1n) is 20.9. The number of hydrogen-bond donors (Lipinski definition) is 3. The number of aryl methyl sites for hydroxylation is 3. The molecule has 0 radical (unpaired) electrons. The number of unbranched alkanes of at least 4 members (excludes halogenated alkanes) is 4. The van der Waals surface area contributed by atoms with E-state index in [-0.39, 0.29) is 30.5 Å². The Morgan fingerprint density at radius 1 is 0.845 bits per heavy atom. The summed E-state index contributed by atoms with van der Waals surface area (Å²) in [7, 11) is 1.71. The Hall–Kier alpha value is -4.53. The normalized spacial score (nSPS) is 15.6. The van der Waals surface area contributed by atoms with Gasteiger partial charge in [-0.1, -0.05) is 49.6 Å². The second-order valence-electron chi connectivity index (χ2n) is 16.3. The molecule has 2 aromatic carbocycles. The van der Waals surface area contributed by atoms with Crippen LogP contribution in [0.1, 0.15) is 121 Å². The van der Waals surface area contributed by atoms with Crippen molar-refractivity contribution in [1.82, 2.24) is 19.8 Å². The summed E-state index contributed by atoms with van der Waals surface area (Å²) in [4.78, 5) is 60.7. The lowest BCUT2D eigenvalue weighted by atomic mass is 10.1. The second kappa shape index (κ2) is 23.2. The van der Waals surface area contributed by atoms with E-state index in [4.69, 9.17) is 24.7 Å². The number of alkyl carbamates (subject to hydrolysis) is 1. The summed E-state index contributed by atoms with van der Waals surface area (Å²) in [6.45, 7) is 10.6. The summed E-state index contributed by atoms with van der Waals surface area (Å²) in [5, 5.41) is 5.17. The third-order valence-electron chi connectivity index (χ3n) is 10.3. The topological polar surface area (TPSA) is 182 Å². The highest BCUT2D eigenvalue weighted by atomic mass is 16.6. The molecule has 58 heavy (non-hydrogen) atoms. The molecule has 0 aliphatic carbocycles. The van der Waals surface area contributed by atoms with Gasteiger partial charge in [-0.25, -0.2) is 9.59 Å². The lowest BCUT2D eigenvalue weighted by molar-refractivity contribution is -0.135. The second-order valence-corrected chi connectivity index (χ2v) is 16.3. The predicted molar refractivity (Wildman–Crippen MR) is 222 cm³/mol. The highest BCUT2D eigenvalue weighted by molar-refractivity contribution is 6.00. The lowest BCUT2D eigenvalue weighted by Crippen LogP contribution is -2.45. The predicted octanol–water partition coefficient (Wildman–Crippen LogP) is 5.93. The van der Waals surface area contributed by atoms with E-state index < -0.39 is 35.6 Å². The summed E-state index contributed by atoms with van der Waals surface area (Å²) in [6, 6.07) is 13.1. The minimum atomic E-state index is -0.679.